The first-order valence-corrected chi connectivity index (χ1v) is 3.65. The highest BCUT2D eigenvalue weighted by atomic mass is 19.3. The monoisotopic (exact) mass is 147 g/mol. The van der Waals surface area contributed by atoms with Gasteiger partial charge in [-0.15, -0.1) is 0 Å². The smallest absolute Gasteiger partial charge is 0.207 e. The second-order valence-corrected chi connectivity index (χ2v) is 3.67. The Morgan fingerprint density at radius 1 is 1.10 bits per heavy atom. The van der Waals surface area contributed by atoms with Gasteiger partial charge in [0.25, 0.3) is 0 Å². The lowest BCUT2D eigenvalue weighted by Gasteiger charge is -2.33. The molecule has 1 aliphatic carbocycles. The Hall–Kier alpha value is -0.140. The van der Waals surface area contributed by atoms with E-state index in [1.165, 1.54) is 0 Å². The molecule has 0 heterocycles. The lowest BCUT2D eigenvalue weighted by Crippen LogP contribution is -2.29. The lowest BCUT2D eigenvalue weighted by atomic mass is 9.76. The normalized spacial score (nSPS) is 30.0. The van der Waals surface area contributed by atoms with Crippen molar-refractivity contribution in [2.45, 2.75) is 38.5 Å². The van der Waals surface area contributed by atoms with Crippen LogP contribution in [0.5, 0.6) is 0 Å². The van der Waals surface area contributed by atoms with E-state index in [9.17, 15) is 8.78 Å². The van der Waals surface area contributed by atoms with Crippen molar-refractivity contribution in [1.82, 2.24) is 0 Å². The maximum absolute atomic E-state index is 12.5. The van der Waals surface area contributed by atoms with Crippen LogP contribution < -0.4 is 0 Å². The molecule has 2 heteroatoms. The number of halogens is 2. The molecule has 0 saturated heterocycles. The Morgan fingerprint density at radius 3 is 1.80 bits per heavy atom. The van der Waals surface area contributed by atoms with Gasteiger partial charge in [-0.05, 0) is 25.2 Å². The predicted octanol–water partition coefficient (Wildman–Crippen LogP) is 3.04. The van der Waals surface area contributed by atoms with Gasteiger partial charge < -0.3 is 0 Å². The molecule has 0 aromatic rings. The first-order chi connectivity index (χ1) is 4.41. The van der Waals surface area contributed by atoms with E-state index in [1.54, 1.807) is 0 Å². The fourth-order valence-corrected chi connectivity index (χ4v) is 1.22. The highest BCUT2D eigenvalue weighted by molar-refractivity contribution is 4.86. The Morgan fingerprint density at radius 2 is 1.50 bits per heavy atom. The third kappa shape index (κ3) is 1.93. The maximum atomic E-state index is 12.5. The molecule has 10 heavy (non-hydrogen) atoms. The van der Waals surface area contributed by atoms with Crippen LogP contribution in [0.2, 0.25) is 0 Å². The molecule has 0 aromatic heterocycles. The first-order valence-electron chi connectivity index (χ1n) is 3.65. The minimum atomic E-state index is -2.41. The molecule has 0 aliphatic heterocycles. The molecule has 0 nitrogen and oxygen atoms in total. The van der Waals surface area contributed by atoms with Crippen LogP contribution in [0.1, 0.15) is 32.6 Å². The van der Waals surface area contributed by atoms with Crippen LogP contribution in [0, 0.1) is 12.3 Å². The second kappa shape index (κ2) is 2.18. The van der Waals surface area contributed by atoms with Gasteiger partial charge >= 0.3 is 0 Å². The van der Waals surface area contributed by atoms with Crippen LogP contribution in [-0.2, 0) is 0 Å². The number of hydrogen-bond donors (Lipinski definition) is 0. The average Bonchev–Trinajstić information content (AvgIpc) is 1.79. The molecule has 0 amide bonds. The topological polar surface area (TPSA) is 0 Å². The van der Waals surface area contributed by atoms with Crippen molar-refractivity contribution in [2.75, 3.05) is 0 Å². The zero-order chi connectivity index (χ0) is 7.83. The third-order valence-corrected chi connectivity index (χ3v) is 2.19. The SMILES string of the molecule is [CH2]C1(C)CCC(F)(F)CC1. The summed E-state index contributed by atoms with van der Waals surface area (Å²) in [7, 11) is 0. The van der Waals surface area contributed by atoms with E-state index in [4.69, 9.17) is 0 Å². The molecule has 59 valence electrons. The van der Waals surface area contributed by atoms with Gasteiger partial charge in [0.2, 0.25) is 5.92 Å². The number of rotatable bonds is 0. The van der Waals surface area contributed by atoms with Gasteiger partial charge in [0, 0.05) is 12.8 Å². The van der Waals surface area contributed by atoms with E-state index in [0.29, 0.717) is 12.8 Å². The van der Waals surface area contributed by atoms with Gasteiger partial charge in [-0.3, -0.25) is 0 Å². The van der Waals surface area contributed by atoms with Gasteiger partial charge in [0.1, 0.15) is 0 Å². The van der Waals surface area contributed by atoms with Crippen molar-refractivity contribution in [3.05, 3.63) is 6.92 Å². The van der Waals surface area contributed by atoms with Gasteiger partial charge in [-0.25, -0.2) is 8.78 Å². The molecule has 1 fully saturated rings. The quantitative estimate of drug-likeness (QED) is 0.494. The zero-order valence-corrected chi connectivity index (χ0v) is 6.29. The summed E-state index contributed by atoms with van der Waals surface area (Å²) >= 11 is 0. The van der Waals surface area contributed by atoms with Crippen molar-refractivity contribution >= 4 is 0 Å². The number of alkyl halides is 2. The Labute approximate surface area is 60.6 Å². The van der Waals surface area contributed by atoms with E-state index in [2.05, 4.69) is 6.92 Å². The maximum Gasteiger partial charge on any atom is 0.248 e. The van der Waals surface area contributed by atoms with Crippen molar-refractivity contribution < 1.29 is 8.78 Å². The summed E-state index contributed by atoms with van der Waals surface area (Å²) in [5.74, 6) is -2.41. The zero-order valence-electron chi connectivity index (χ0n) is 6.29. The van der Waals surface area contributed by atoms with Gasteiger partial charge in [-0.2, -0.15) is 0 Å². The van der Waals surface area contributed by atoms with Crippen LogP contribution in [-0.4, -0.2) is 5.92 Å². The Balaban J connectivity index is 2.46. The molecule has 0 aromatic carbocycles. The van der Waals surface area contributed by atoms with E-state index in [0.717, 1.165) is 0 Å². The molecule has 1 saturated carbocycles. The van der Waals surface area contributed by atoms with Crippen LogP contribution in [0.25, 0.3) is 0 Å². The summed E-state index contributed by atoms with van der Waals surface area (Å²) < 4.78 is 25.0. The molecule has 0 unspecified atom stereocenters. The minimum Gasteiger partial charge on any atom is -0.207 e. The van der Waals surface area contributed by atoms with Crippen LogP contribution in [0.4, 0.5) is 8.78 Å². The lowest BCUT2D eigenvalue weighted by molar-refractivity contribution is -0.0553. The molecule has 0 atom stereocenters. The molecule has 0 N–H and O–H groups in total. The van der Waals surface area contributed by atoms with Gasteiger partial charge in [-0.1, -0.05) is 6.92 Å². The predicted molar refractivity (Wildman–Crippen MR) is 36.9 cm³/mol. The molecular weight excluding hydrogens is 134 g/mol. The fraction of sp³-hybridized carbons (Fsp3) is 0.875. The van der Waals surface area contributed by atoms with E-state index in [-0.39, 0.29) is 18.3 Å². The Kier molecular flexibility index (Phi) is 1.73. The van der Waals surface area contributed by atoms with Gasteiger partial charge in [0.15, 0.2) is 0 Å². The van der Waals surface area contributed by atoms with Crippen molar-refractivity contribution in [3.63, 3.8) is 0 Å². The minimum absolute atomic E-state index is 0.0208. The first kappa shape index (κ1) is 7.96. The fourth-order valence-electron chi connectivity index (χ4n) is 1.22. The summed E-state index contributed by atoms with van der Waals surface area (Å²) in [5, 5.41) is 0. The van der Waals surface area contributed by atoms with Crippen molar-refractivity contribution in [2.24, 2.45) is 5.41 Å². The Bertz CT molecular complexity index is 99.2. The van der Waals surface area contributed by atoms with E-state index < -0.39 is 5.92 Å². The largest absolute Gasteiger partial charge is 0.248 e. The molecule has 1 aliphatic rings. The van der Waals surface area contributed by atoms with E-state index in [1.807, 2.05) is 6.92 Å². The van der Waals surface area contributed by atoms with Crippen LogP contribution >= 0.6 is 0 Å². The summed E-state index contributed by atoms with van der Waals surface area (Å²) in [6.07, 6.45) is 1.15. The van der Waals surface area contributed by atoms with Gasteiger partial charge in [0.05, 0.1) is 0 Å². The molecule has 0 bridgehead atoms. The molecule has 0 spiro atoms. The highest BCUT2D eigenvalue weighted by Crippen LogP contribution is 2.42. The molecule has 1 rings (SSSR count). The summed E-state index contributed by atoms with van der Waals surface area (Å²) in [5.41, 5.74) is -0.0956. The summed E-state index contributed by atoms with van der Waals surface area (Å²) in [6, 6.07) is 0. The molecule has 1 radical (unpaired) electrons. The summed E-state index contributed by atoms with van der Waals surface area (Å²) in [6.45, 7) is 5.81. The highest BCUT2D eigenvalue weighted by Gasteiger charge is 2.38. The standard InChI is InChI=1S/C8H13F2/c1-7(2)3-5-8(9,10)6-4-7/h1,3-6H2,2H3. The van der Waals surface area contributed by atoms with Crippen LogP contribution in [0.3, 0.4) is 0 Å². The average molecular weight is 147 g/mol. The van der Waals surface area contributed by atoms with Crippen LogP contribution in [0.15, 0.2) is 0 Å². The number of hydrogen-bond acceptors (Lipinski definition) is 0. The molecular formula is C8H13F2. The van der Waals surface area contributed by atoms with Crippen molar-refractivity contribution in [3.8, 4) is 0 Å². The third-order valence-electron chi connectivity index (χ3n) is 2.19. The second-order valence-electron chi connectivity index (χ2n) is 3.67. The van der Waals surface area contributed by atoms with E-state index >= 15 is 0 Å². The summed E-state index contributed by atoms with van der Waals surface area (Å²) in [4.78, 5) is 0. The van der Waals surface area contributed by atoms with Crippen molar-refractivity contribution in [1.29, 1.82) is 0 Å².